The zero-order valence-corrected chi connectivity index (χ0v) is 16.0. The molecule has 0 aliphatic carbocycles. The van der Waals surface area contributed by atoms with Gasteiger partial charge in [-0.2, -0.15) is 0 Å². The van der Waals surface area contributed by atoms with E-state index in [1.807, 2.05) is 0 Å². The lowest BCUT2D eigenvalue weighted by Gasteiger charge is -2.62. The summed E-state index contributed by atoms with van der Waals surface area (Å²) < 4.78 is 2.44. The van der Waals surface area contributed by atoms with Crippen LogP contribution in [-0.4, -0.2) is 21.0 Å². The van der Waals surface area contributed by atoms with Crippen molar-refractivity contribution in [3.05, 3.63) is 22.5 Å². The Hall–Kier alpha value is -0.760. The number of nitrogens with zero attached hydrogens (tertiary/aromatic N) is 2. The minimum Gasteiger partial charge on any atom is -0.351 e. The van der Waals surface area contributed by atoms with Gasteiger partial charge in [0.25, 0.3) is 0 Å². The predicted molar refractivity (Wildman–Crippen MR) is 92.0 cm³/mol. The van der Waals surface area contributed by atoms with Gasteiger partial charge in [-0.25, -0.2) is 0 Å². The van der Waals surface area contributed by atoms with Crippen LogP contribution in [0.2, 0.25) is 0 Å². The Balaban J connectivity index is 2.93. The van der Waals surface area contributed by atoms with Crippen molar-refractivity contribution in [2.24, 2.45) is 7.05 Å². The first-order valence-corrected chi connectivity index (χ1v) is 8.25. The third-order valence-corrected chi connectivity index (χ3v) is 6.45. The molecule has 0 aromatic carbocycles. The van der Waals surface area contributed by atoms with E-state index < -0.39 is 0 Å². The summed E-state index contributed by atoms with van der Waals surface area (Å²) in [4.78, 5) is 2.72. The maximum absolute atomic E-state index is 2.72. The molecule has 21 heavy (non-hydrogen) atoms. The molecular formula is C19H34N2. The average molecular weight is 290 g/mol. The first kappa shape index (κ1) is 16.6. The van der Waals surface area contributed by atoms with Crippen molar-refractivity contribution >= 4 is 0 Å². The highest BCUT2D eigenvalue weighted by atomic mass is 15.3. The Labute approximate surface area is 131 Å². The van der Waals surface area contributed by atoms with E-state index in [-0.39, 0.29) is 16.5 Å². The second-order valence-electron chi connectivity index (χ2n) is 8.70. The van der Waals surface area contributed by atoms with Gasteiger partial charge in [-0.3, -0.25) is 4.90 Å². The van der Waals surface area contributed by atoms with Gasteiger partial charge in [-0.15, -0.1) is 0 Å². The van der Waals surface area contributed by atoms with Gasteiger partial charge in [0.1, 0.15) is 0 Å². The van der Waals surface area contributed by atoms with Gasteiger partial charge in [0.05, 0.1) is 0 Å². The van der Waals surface area contributed by atoms with Gasteiger partial charge in [-0.05, 0) is 66.5 Å². The fourth-order valence-corrected chi connectivity index (χ4v) is 5.13. The van der Waals surface area contributed by atoms with Crippen molar-refractivity contribution in [3.8, 4) is 0 Å². The first-order chi connectivity index (χ1) is 9.29. The predicted octanol–water partition coefficient (Wildman–Crippen LogP) is 4.66. The third-order valence-electron chi connectivity index (χ3n) is 6.45. The molecular weight excluding hydrogens is 256 g/mol. The van der Waals surface area contributed by atoms with E-state index >= 15 is 0 Å². The normalized spacial score (nSPS) is 23.4. The summed E-state index contributed by atoms with van der Waals surface area (Å²) in [7, 11) is 2.24. The molecule has 2 nitrogen and oxygen atoms in total. The van der Waals surface area contributed by atoms with E-state index in [4.69, 9.17) is 0 Å². The molecule has 0 N–H and O–H groups in total. The van der Waals surface area contributed by atoms with Crippen LogP contribution >= 0.6 is 0 Å². The van der Waals surface area contributed by atoms with Crippen LogP contribution in [0.15, 0.2) is 0 Å². The highest BCUT2D eigenvalue weighted by molar-refractivity contribution is 5.49. The molecule has 0 radical (unpaired) electrons. The average Bonchev–Trinajstić information content (AvgIpc) is 2.51. The van der Waals surface area contributed by atoms with Crippen molar-refractivity contribution in [2.45, 2.75) is 91.8 Å². The SMILES string of the molecule is Cc1c2c(n(C)c1C)C(C)(C)C(C)(C)N(C(C)C)C2(C)C. The number of hydrogen-bond acceptors (Lipinski definition) is 1. The van der Waals surface area contributed by atoms with Gasteiger partial charge in [0, 0.05) is 41.0 Å². The summed E-state index contributed by atoms with van der Waals surface area (Å²) >= 11 is 0. The van der Waals surface area contributed by atoms with Crippen molar-refractivity contribution in [2.75, 3.05) is 0 Å². The van der Waals surface area contributed by atoms with Crippen molar-refractivity contribution in [3.63, 3.8) is 0 Å². The van der Waals surface area contributed by atoms with Gasteiger partial charge in [0.2, 0.25) is 0 Å². The van der Waals surface area contributed by atoms with E-state index in [0.717, 1.165) is 0 Å². The standard InChI is InChI=1S/C19H34N2/c1-12(2)21-18(7,8)15-13(3)14(4)20(11)16(15)17(5,6)19(21,9)10/h12H,1-11H3. The largest absolute Gasteiger partial charge is 0.351 e. The maximum atomic E-state index is 2.72. The molecule has 0 unspecified atom stereocenters. The Morgan fingerprint density at radius 2 is 1.38 bits per heavy atom. The Kier molecular flexibility index (Phi) is 3.46. The van der Waals surface area contributed by atoms with E-state index in [0.29, 0.717) is 6.04 Å². The van der Waals surface area contributed by atoms with Crippen LogP contribution in [-0.2, 0) is 18.0 Å². The number of rotatable bonds is 1. The van der Waals surface area contributed by atoms with Crippen molar-refractivity contribution < 1.29 is 0 Å². The highest BCUT2D eigenvalue weighted by Crippen LogP contribution is 2.54. The molecule has 120 valence electrons. The summed E-state index contributed by atoms with van der Waals surface area (Å²) in [5.41, 5.74) is 6.19. The second kappa shape index (κ2) is 4.38. The fraction of sp³-hybridized carbons (Fsp3) is 0.789. The zero-order chi connectivity index (χ0) is 16.5. The van der Waals surface area contributed by atoms with E-state index in [9.17, 15) is 0 Å². The van der Waals surface area contributed by atoms with Gasteiger partial charge < -0.3 is 4.57 Å². The summed E-state index contributed by atoms with van der Waals surface area (Å²) in [6, 6.07) is 0.516. The van der Waals surface area contributed by atoms with Crippen LogP contribution in [0.3, 0.4) is 0 Å². The van der Waals surface area contributed by atoms with Crippen LogP contribution < -0.4 is 0 Å². The molecule has 2 rings (SSSR count). The topological polar surface area (TPSA) is 8.17 Å². The number of hydrogen-bond donors (Lipinski definition) is 0. The molecule has 0 saturated carbocycles. The minimum atomic E-state index is 0.0542. The molecule has 0 saturated heterocycles. The molecule has 0 atom stereocenters. The zero-order valence-electron chi connectivity index (χ0n) is 16.0. The van der Waals surface area contributed by atoms with Gasteiger partial charge in [-0.1, -0.05) is 13.8 Å². The molecule has 1 aromatic heterocycles. The summed E-state index contributed by atoms with van der Waals surface area (Å²) in [5.74, 6) is 0. The molecule has 1 aliphatic rings. The summed E-state index contributed by atoms with van der Waals surface area (Å²) in [5, 5.41) is 0. The molecule has 0 bridgehead atoms. The molecule has 1 aliphatic heterocycles. The molecule has 0 fully saturated rings. The van der Waals surface area contributed by atoms with Crippen LogP contribution in [0.25, 0.3) is 0 Å². The lowest BCUT2D eigenvalue weighted by molar-refractivity contribution is -0.0716. The Morgan fingerprint density at radius 3 is 1.81 bits per heavy atom. The molecule has 1 aromatic rings. The molecule has 2 heteroatoms. The minimum absolute atomic E-state index is 0.0542. The first-order valence-electron chi connectivity index (χ1n) is 8.25. The molecule has 0 spiro atoms. The van der Waals surface area contributed by atoms with Crippen molar-refractivity contribution in [1.82, 2.24) is 9.47 Å². The van der Waals surface area contributed by atoms with E-state index in [1.165, 1.54) is 17.0 Å². The molecule has 0 amide bonds. The van der Waals surface area contributed by atoms with Crippen LogP contribution in [0.5, 0.6) is 0 Å². The maximum Gasteiger partial charge on any atom is 0.0433 e. The van der Waals surface area contributed by atoms with Crippen LogP contribution in [0.4, 0.5) is 0 Å². The highest BCUT2D eigenvalue weighted by Gasteiger charge is 2.57. The monoisotopic (exact) mass is 290 g/mol. The third kappa shape index (κ3) is 1.81. The molecule has 2 heterocycles. The van der Waals surface area contributed by atoms with E-state index in [2.05, 4.69) is 85.8 Å². The van der Waals surface area contributed by atoms with Crippen LogP contribution in [0.1, 0.15) is 77.9 Å². The lowest BCUT2D eigenvalue weighted by Crippen LogP contribution is -2.68. The number of fused-ring (bicyclic) bond motifs is 1. The second-order valence-corrected chi connectivity index (χ2v) is 8.70. The lowest BCUT2D eigenvalue weighted by atomic mass is 9.62. The summed E-state index contributed by atoms with van der Waals surface area (Å²) in [6.45, 7) is 23.7. The Morgan fingerprint density at radius 1 is 0.905 bits per heavy atom. The summed E-state index contributed by atoms with van der Waals surface area (Å²) in [6.07, 6.45) is 0. The smallest absolute Gasteiger partial charge is 0.0433 e. The quantitative estimate of drug-likeness (QED) is 0.730. The van der Waals surface area contributed by atoms with Crippen molar-refractivity contribution in [1.29, 1.82) is 0 Å². The van der Waals surface area contributed by atoms with Crippen LogP contribution in [0, 0.1) is 13.8 Å². The number of aromatic nitrogens is 1. The fourth-order valence-electron chi connectivity index (χ4n) is 5.13. The van der Waals surface area contributed by atoms with Gasteiger partial charge in [0.15, 0.2) is 0 Å². The van der Waals surface area contributed by atoms with Gasteiger partial charge >= 0.3 is 0 Å². The Bertz CT molecular complexity index is 571. The van der Waals surface area contributed by atoms with E-state index in [1.54, 1.807) is 5.56 Å².